The molecular formula is C19H35N5O7. The second-order valence-electron chi connectivity index (χ2n) is 7.60. The number of aliphatic hydroxyl groups is 1. The van der Waals surface area contributed by atoms with E-state index in [0.717, 1.165) is 0 Å². The SMILES string of the molecule is CCC(C)C(N)C(=O)NC(CC(N)=O)C(=O)NC(CO)C(=O)NC(C(=O)O)C(C)CC. The van der Waals surface area contributed by atoms with Gasteiger partial charge in [-0.2, -0.15) is 0 Å². The van der Waals surface area contributed by atoms with E-state index in [-0.39, 0.29) is 5.92 Å². The van der Waals surface area contributed by atoms with Gasteiger partial charge < -0.3 is 37.6 Å². The molecule has 12 nitrogen and oxygen atoms in total. The van der Waals surface area contributed by atoms with Gasteiger partial charge in [0, 0.05) is 0 Å². The van der Waals surface area contributed by atoms with E-state index >= 15 is 0 Å². The molecule has 178 valence electrons. The Labute approximate surface area is 181 Å². The summed E-state index contributed by atoms with van der Waals surface area (Å²) in [5.74, 6) is -5.29. The van der Waals surface area contributed by atoms with E-state index in [1.54, 1.807) is 20.8 Å². The Morgan fingerprint density at radius 2 is 1.32 bits per heavy atom. The summed E-state index contributed by atoms with van der Waals surface area (Å²) in [6.07, 6.45) is 0.515. The maximum Gasteiger partial charge on any atom is 0.326 e. The molecule has 0 bridgehead atoms. The van der Waals surface area contributed by atoms with Crippen molar-refractivity contribution in [1.29, 1.82) is 0 Å². The smallest absolute Gasteiger partial charge is 0.326 e. The first-order valence-corrected chi connectivity index (χ1v) is 10.2. The van der Waals surface area contributed by atoms with Crippen LogP contribution in [0, 0.1) is 11.8 Å². The molecule has 0 fully saturated rings. The first kappa shape index (κ1) is 28.3. The number of amides is 4. The fraction of sp³-hybridized carbons (Fsp3) is 0.737. The molecule has 12 heteroatoms. The topological polar surface area (TPSA) is 214 Å². The number of carboxylic acids is 1. The number of primary amides is 1. The number of aliphatic carboxylic acids is 1. The molecule has 0 aliphatic rings. The Hall–Kier alpha value is -2.73. The highest BCUT2D eigenvalue weighted by atomic mass is 16.4. The van der Waals surface area contributed by atoms with Crippen LogP contribution >= 0.6 is 0 Å². The van der Waals surface area contributed by atoms with Crippen molar-refractivity contribution in [2.24, 2.45) is 23.3 Å². The van der Waals surface area contributed by atoms with Crippen molar-refractivity contribution in [2.75, 3.05) is 6.61 Å². The monoisotopic (exact) mass is 445 g/mol. The lowest BCUT2D eigenvalue weighted by molar-refractivity contribution is -0.144. The molecule has 0 aromatic heterocycles. The summed E-state index contributed by atoms with van der Waals surface area (Å²) in [4.78, 5) is 60.0. The molecule has 9 N–H and O–H groups in total. The molecule has 31 heavy (non-hydrogen) atoms. The molecule has 0 aliphatic heterocycles. The predicted molar refractivity (Wildman–Crippen MR) is 111 cm³/mol. The highest BCUT2D eigenvalue weighted by molar-refractivity contribution is 5.96. The van der Waals surface area contributed by atoms with Crippen molar-refractivity contribution in [3.63, 3.8) is 0 Å². The normalized spacial score (nSPS) is 16.7. The highest BCUT2D eigenvalue weighted by Crippen LogP contribution is 2.09. The van der Waals surface area contributed by atoms with Crippen LogP contribution < -0.4 is 27.4 Å². The Morgan fingerprint density at radius 1 is 0.839 bits per heavy atom. The lowest BCUT2D eigenvalue weighted by atomic mass is 9.98. The third-order valence-electron chi connectivity index (χ3n) is 5.19. The van der Waals surface area contributed by atoms with Gasteiger partial charge in [0.25, 0.3) is 0 Å². The molecule has 0 heterocycles. The molecule has 6 atom stereocenters. The van der Waals surface area contributed by atoms with E-state index in [9.17, 15) is 34.2 Å². The molecule has 0 saturated carbocycles. The van der Waals surface area contributed by atoms with Gasteiger partial charge in [-0.05, 0) is 11.8 Å². The van der Waals surface area contributed by atoms with Gasteiger partial charge in [0.15, 0.2) is 0 Å². The molecule has 4 amide bonds. The van der Waals surface area contributed by atoms with Crippen molar-refractivity contribution < 1.29 is 34.2 Å². The Balaban J connectivity index is 5.34. The summed E-state index contributed by atoms with van der Waals surface area (Å²) < 4.78 is 0. The van der Waals surface area contributed by atoms with Gasteiger partial charge in [-0.15, -0.1) is 0 Å². The molecule has 0 spiro atoms. The lowest BCUT2D eigenvalue weighted by Crippen LogP contribution is -2.59. The summed E-state index contributed by atoms with van der Waals surface area (Å²) in [6.45, 7) is 6.12. The third-order valence-corrected chi connectivity index (χ3v) is 5.19. The zero-order valence-corrected chi connectivity index (χ0v) is 18.4. The van der Waals surface area contributed by atoms with Gasteiger partial charge in [0.1, 0.15) is 18.1 Å². The van der Waals surface area contributed by atoms with Crippen LogP contribution in [0.3, 0.4) is 0 Å². The first-order chi connectivity index (χ1) is 14.4. The van der Waals surface area contributed by atoms with Crippen LogP contribution in [0.4, 0.5) is 0 Å². The minimum absolute atomic E-state index is 0.193. The Morgan fingerprint density at radius 3 is 1.74 bits per heavy atom. The van der Waals surface area contributed by atoms with Gasteiger partial charge in [-0.25, -0.2) is 4.79 Å². The lowest BCUT2D eigenvalue weighted by Gasteiger charge is -2.26. The summed E-state index contributed by atoms with van der Waals surface area (Å²) in [7, 11) is 0. The zero-order valence-electron chi connectivity index (χ0n) is 18.4. The van der Waals surface area contributed by atoms with Crippen molar-refractivity contribution in [3.8, 4) is 0 Å². The minimum Gasteiger partial charge on any atom is -0.480 e. The van der Waals surface area contributed by atoms with E-state index in [1.165, 1.54) is 0 Å². The van der Waals surface area contributed by atoms with E-state index in [0.29, 0.717) is 12.8 Å². The van der Waals surface area contributed by atoms with Crippen molar-refractivity contribution >= 4 is 29.6 Å². The number of rotatable bonds is 14. The number of nitrogens with one attached hydrogen (secondary N) is 3. The van der Waals surface area contributed by atoms with E-state index in [2.05, 4.69) is 16.0 Å². The quantitative estimate of drug-likeness (QED) is 0.155. The van der Waals surface area contributed by atoms with Gasteiger partial charge >= 0.3 is 5.97 Å². The van der Waals surface area contributed by atoms with Crippen LogP contribution in [0.25, 0.3) is 0 Å². The van der Waals surface area contributed by atoms with E-state index < -0.39 is 72.7 Å². The number of carboxylic acid groups (broad SMARTS) is 1. The molecular weight excluding hydrogens is 410 g/mol. The second-order valence-corrected chi connectivity index (χ2v) is 7.60. The summed E-state index contributed by atoms with van der Waals surface area (Å²) in [6, 6.07) is -5.09. The third kappa shape index (κ3) is 9.30. The van der Waals surface area contributed by atoms with Crippen LogP contribution in [0.15, 0.2) is 0 Å². The van der Waals surface area contributed by atoms with Crippen molar-refractivity contribution in [3.05, 3.63) is 0 Å². The average Bonchev–Trinajstić information content (AvgIpc) is 2.72. The van der Waals surface area contributed by atoms with Gasteiger partial charge in [-0.1, -0.05) is 40.5 Å². The molecule has 0 rings (SSSR count). The van der Waals surface area contributed by atoms with Crippen LogP contribution in [0.5, 0.6) is 0 Å². The number of hydrogen-bond acceptors (Lipinski definition) is 7. The van der Waals surface area contributed by atoms with Crippen LogP contribution in [0.1, 0.15) is 47.0 Å². The minimum atomic E-state index is -1.51. The molecule has 0 aromatic rings. The first-order valence-electron chi connectivity index (χ1n) is 10.2. The fourth-order valence-electron chi connectivity index (χ4n) is 2.59. The van der Waals surface area contributed by atoms with Gasteiger partial charge in [0.05, 0.1) is 19.1 Å². The van der Waals surface area contributed by atoms with Crippen LogP contribution in [-0.4, -0.2) is 70.6 Å². The molecule has 0 aliphatic carbocycles. The number of nitrogens with two attached hydrogens (primary N) is 2. The van der Waals surface area contributed by atoms with Gasteiger partial charge in [-0.3, -0.25) is 19.2 Å². The second kappa shape index (κ2) is 13.5. The molecule has 0 radical (unpaired) electrons. The number of carbonyl (C=O) groups is 5. The summed E-state index contributed by atoms with van der Waals surface area (Å²) in [5.41, 5.74) is 11.0. The van der Waals surface area contributed by atoms with E-state index in [4.69, 9.17) is 11.5 Å². The van der Waals surface area contributed by atoms with Crippen molar-refractivity contribution in [1.82, 2.24) is 16.0 Å². The fourth-order valence-corrected chi connectivity index (χ4v) is 2.59. The molecule has 0 aromatic carbocycles. The Kier molecular flexibility index (Phi) is 12.4. The highest BCUT2D eigenvalue weighted by Gasteiger charge is 2.32. The van der Waals surface area contributed by atoms with E-state index in [1.807, 2.05) is 6.92 Å². The number of carbonyl (C=O) groups excluding carboxylic acids is 4. The number of aliphatic hydroxyl groups excluding tert-OH is 1. The van der Waals surface area contributed by atoms with Crippen molar-refractivity contribution in [2.45, 2.75) is 71.1 Å². The zero-order chi connectivity index (χ0) is 24.3. The average molecular weight is 446 g/mol. The maximum absolute atomic E-state index is 12.6. The number of hydrogen-bond donors (Lipinski definition) is 7. The predicted octanol–water partition coefficient (Wildman–Crippen LogP) is -2.19. The summed E-state index contributed by atoms with van der Waals surface area (Å²) >= 11 is 0. The van der Waals surface area contributed by atoms with Gasteiger partial charge in [0.2, 0.25) is 23.6 Å². The Bertz CT molecular complexity index is 658. The maximum atomic E-state index is 12.6. The van der Waals surface area contributed by atoms with Crippen LogP contribution in [0.2, 0.25) is 0 Å². The van der Waals surface area contributed by atoms with Crippen LogP contribution in [-0.2, 0) is 24.0 Å². The molecule has 0 saturated heterocycles. The largest absolute Gasteiger partial charge is 0.480 e. The summed E-state index contributed by atoms with van der Waals surface area (Å²) in [5, 5.41) is 25.6. The molecule has 6 unspecified atom stereocenters. The standard InChI is InChI=1S/C19H35N5O7/c1-5-9(3)14(21)18(29)22-11(7-13(20)26)16(27)23-12(8-25)17(28)24-15(19(30)31)10(4)6-2/h9-12,14-15,25H,5-8,21H2,1-4H3,(H2,20,26)(H,22,29)(H,23,27)(H,24,28)(H,30,31).